The summed E-state index contributed by atoms with van der Waals surface area (Å²) < 4.78 is 21.6. The van der Waals surface area contributed by atoms with E-state index in [4.69, 9.17) is 4.74 Å². The van der Waals surface area contributed by atoms with E-state index in [2.05, 4.69) is 16.9 Å². The fourth-order valence-corrected chi connectivity index (χ4v) is 3.27. The van der Waals surface area contributed by atoms with Gasteiger partial charge >= 0.3 is 0 Å². The van der Waals surface area contributed by atoms with E-state index in [1.165, 1.54) is 18.9 Å². The lowest BCUT2D eigenvalue weighted by atomic mass is 9.98. The number of ether oxygens (including phenoxy) is 1. The summed E-state index contributed by atoms with van der Waals surface area (Å²) in [6.45, 7) is 2.98. The maximum atomic E-state index is 13.7. The zero-order chi connectivity index (χ0) is 15.8. The molecule has 0 atom stereocenters. The number of nitrogens with zero attached hydrogens (tertiary/aromatic N) is 3. The molecule has 1 aromatic carbocycles. The van der Waals surface area contributed by atoms with Gasteiger partial charge in [0.2, 0.25) is 0 Å². The van der Waals surface area contributed by atoms with Gasteiger partial charge in [-0.05, 0) is 57.1 Å². The largest absolute Gasteiger partial charge is 0.491 e. The Hall–Kier alpha value is -2.14. The first-order valence-electron chi connectivity index (χ1n) is 8.08. The predicted octanol–water partition coefficient (Wildman–Crippen LogP) is 3.35. The number of hydrogen-bond acceptors (Lipinski definition) is 3. The van der Waals surface area contributed by atoms with Crippen LogP contribution in [0.1, 0.15) is 12.8 Å². The number of rotatable bonds is 3. The van der Waals surface area contributed by atoms with Crippen molar-refractivity contribution in [1.82, 2.24) is 14.3 Å². The molecule has 0 spiro atoms. The van der Waals surface area contributed by atoms with Crippen molar-refractivity contribution in [2.45, 2.75) is 12.8 Å². The van der Waals surface area contributed by atoms with Gasteiger partial charge in [-0.1, -0.05) is 6.07 Å². The van der Waals surface area contributed by atoms with Crippen molar-refractivity contribution < 1.29 is 9.13 Å². The molecule has 3 aromatic rings. The molecule has 0 unspecified atom stereocenters. The number of benzene rings is 1. The van der Waals surface area contributed by atoms with E-state index in [9.17, 15) is 4.39 Å². The van der Waals surface area contributed by atoms with Gasteiger partial charge in [-0.25, -0.2) is 9.37 Å². The normalized spacial score (nSPS) is 17.1. The molecule has 4 rings (SSSR count). The first-order chi connectivity index (χ1) is 11.2. The van der Waals surface area contributed by atoms with E-state index >= 15 is 0 Å². The van der Waals surface area contributed by atoms with Gasteiger partial charge in [0.15, 0.2) is 0 Å². The van der Waals surface area contributed by atoms with E-state index < -0.39 is 0 Å². The average Bonchev–Trinajstić information content (AvgIpc) is 2.96. The van der Waals surface area contributed by atoms with Crippen molar-refractivity contribution in [1.29, 1.82) is 0 Å². The Balaban J connectivity index is 1.61. The highest BCUT2D eigenvalue weighted by atomic mass is 19.1. The second-order valence-electron chi connectivity index (χ2n) is 6.36. The van der Waals surface area contributed by atoms with E-state index in [1.54, 1.807) is 12.4 Å². The van der Waals surface area contributed by atoms with Gasteiger partial charge in [-0.15, -0.1) is 0 Å². The van der Waals surface area contributed by atoms with E-state index in [0.29, 0.717) is 18.0 Å². The van der Waals surface area contributed by atoms with Crippen molar-refractivity contribution in [3.63, 3.8) is 0 Å². The lowest BCUT2D eigenvalue weighted by molar-refractivity contribution is 0.161. The number of piperidine rings is 1. The molecule has 1 aliphatic rings. The Morgan fingerprint density at radius 3 is 2.87 bits per heavy atom. The highest BCUT2D eigenvalue weighted by Gasteiger charge is 2.18. The summed E-state index contributed by atoms with van der Waals surface area (Å²) in [5.74, 6) is 1.11. The lowest BCUT2D eigenvalue weighted by Crippen LogP contribution is -2.32. The zero-order valence-corrected chi connectivity index (χ0v) is 13.2. The number of aromatic nitrogens is 2. The van der Waals surface area contributed by atoms with Crippen LogP contribution in [-0.4, -0.2) is 41.0 Å². The van der Waals surface area contributed by atoms with Crippen molar-refractivity contribution in [3.8, 4) is 5.75 Å². The fraction of sp³-hybridized carbons (Fsp3) is 0.389. The Morgan fingerprint density at radius 1 is 1.22 bits per heavy atom. The minimum Gasteiger partial charge on any atom is -0.491 e. The molecule has 0 amide bonds. The van der Waals surface area contributed by atoms with Crippen LogP contribution < -0.4 is 4.74 Å². The molecule has 0 aliphatic carbocycles. The molecule has 1 fully saturated rings. The number of para-hydroxylation sites is 1. The molecule has 23 heavy (non-hydrogen) atoms. The average molecular weight is 313 g/mol. The Labute approximate surface area is 134 Å². The first-order valence-corrected chi connectivity index (χ1v) is 8.08. The van der Waals surface area contributed by atoms with Crippen LogP contribution in [0, 0.1) is 11.7 Å². The van der Waals surface area contributed by atoms with E-state index in [1.807, 2.05) is 22.6 Å². The van der Waals surface area contributed by atoms with Gasteiger partial charge in [0.25, 0.3) is 0 Å². The fourth-order valence-electron chi connectivity index (χ4n) is 3.27. The summed E-state index contributed by atoms with van der Waals surface area (Å²) in [6.07, 6.45) is 5.64. The number of fused-ring (bicyclic) bond motifs is 3. The summed E-state index contributed by atoms with van der Waals surface area (Å²) in [7, 11) is 2.16. The molecule has 2 aromatic heterocycles. The van der Waals surface area contributed by atoms with Crippen LogP contribution in [0.25, 0.3) is 16.6 Å². The second-order valence-corrected chi connectivity index (χ2v) is 6.36. The smallest absolute Gasteiger partial charge is 0.150 e. The minimum atomic E-state index is -0.253. The summed E-state index contributed by atoms with van der Waals surface area (Å²) >= 11 is 0. The van der Waals surface area contributed by atoms with Crippen molar-refractivity contribution in [3.05, 3.63) is 42.5 Å². The van der Waals surface area contributed by atoms with Crippen LogP contribution in [0.2, 0.25) is 0 Å². The maximum absolute atomic E-state index is 13.7. The molecule has 5 heteroatoms. The van der Waals surface area contributed by atoms with Crippen LogP contribution in [-0.2, 0) is 0 Å². The highest BCUT2D eigenvalue weighted by Crippen LogP contribution is 2.27. The van der Waals surface area contributed by atoms with E-state index in [-0.39, 0.29) is 5.82 Å². The zero-order valence-electron chi connectivity index (χ0n) is 13.2. The molecule has 0 radical (unpaired) electrons. The summed E-state index contributed by atoms with van der Waals surface area (Å²) in [5, 5.41) is 0. The van der Waals surface area contributed by atoms with Gasteiger partial charge in [0, 0.05) is 6.20 Å². The molecule has 4 nitrogen and oxygen atoms in total. The van der Waals surface area contributed by atoms with Crippen molar-refractivity contribution >= 4 is 16.6 Å². The molecule has 0 bridgehead atoms. The monoisotopic (exact) mass is 313 g/mol. The first kappa shape index (κ1) is 14.5. The SMILES string of the molecule is CN1CCC(COc2cccc3c2ncc2c(F)ccn23)CC1. The van der Waals surface area contributed by atoms with Gasteiger partial charge in [0.1, 0.15) is 22.6 Å². The minimum absolute atomic E-state index is 0.253. The summed E-state index contributed by atoms with van der Waals surface area (Å²) in [4.78, 5) is 6.78. The lowest BCUT2D eigenvalue weighted by Gasteiger charge is -2.28. The summed E-state index contributed by atoms with van der Waals surface area (Å²) in [5.41, 5.74) is 2.14. The Morgan fingerprint density at radius 2 is 2.04 bits per heavy atom. The van der Waals surface area contributed by atoms with Gasteiger partial charge in [-0.3, -0.25) is 0 Å². The predicted molar refractivity (Wildman–Crippen MR) is 88.4 cm³/mol. The van der Waals surface area contributed by atoms with Crippen LogP contribution >= 0.6 is 0 Å². The molecular formula is C18H20FN3O. The molecule has 1 aliphatic heterocycles. The third-order valence-electron chi connectivity index (χ3n) is 4.74. The van der Waals surface area contributed by atoms with Crippen LogP contribution in [0.3, 0.4) is 0 Å². The van der Waals surface area contributed by atoms with Crippen LogP contribution in [0.15, 0.2) is 36.7 Å². The topological polar surface area (TPSA) is 29.8 Å². The third-order valence-corrected chi connectivity index (χ3v) is 4.74. The third kappa shape index (κ3) is 2.65. The second kappa shape index (κ2) is 5.81. The van der Waals surface area contributed by atoms with E-state index in [0.717, 1.165) is 29.9 Å². The number of halogens is 1. The van der Waals surface area contributed by atoms with Crippen LogP contribution in [0.4, 0.5) is 4.39 Å². The Bertz CT molecular complexity index is 837. The molecule has 1 saturated heterocycles. The van der Waals surface area contributed by atoms with Crippen molar-refractivity contribution in [2.24, 2.45) is 5.92 Å². The molecule has 120 valence electrons. The number of hydrogen-bond donors (Lipinski definition) is 0. The molecule has 3 heterocycles. The highest BCUT2D eigenvalue weighted by molar-refractivity contribution is 5.84. The molecule has 0 saturated carbocycles. The standard InChI is InChI=1S/C18H20FN3O/c1-21-8-5-13(6-9-21)12-23-17-4-2-3-15-18(17)20-11-16-14(19)7-10-22(15)16/h2-4,7,10-11,13H,5-6,8-9,12H2,1H3. The van der Waals surface area contributed by atoms with Gasteiger partial charge < -0.3 is 14.0 Å². The molecule has 0 N–H and O–H groups in total. The summed E-state index contributed by atoms with van der Waals surface area (Å²) in [6, 6.07) is 7.28. The quantitative estimate of drug-likeness (QED) is 0.743. The molecular weight excluding hydrogens is 293 g/mol. The Kier molecular flexibility index (Phi) is 3.65. The van der Waals surface area contributed by atoms with Gasteiger partial charge in [0.05, 0.1) is 18.3 Å². The van der Waals surface area contributed by atoms with Gasteiger partial charge in [-0.2, -0.15) is 0 Å². The van der Waals surface area contributed by atoms with Crippen molar-refractivity contribution in [2.75, 3.05) is 26.7 Å². The van der Waals surface area contributed by atoms with Crippen LogP contribution in [0.5, 0.6) is 5.75 Å². The maximum Gasteiger partial charge on any atom is 0.150 e. The number of likely N-dealkylation sites (tertiary alicyclic amines) is 1.